The summed E-state index contributed by atoms with van der Waals surface area (Å²) in [6.07, 6.45) is 4.83. The van der Waals surface area contributed by atoms with Crippen LogP contribution in [0, 0.1) is 0 Å². The van der Waals surface area contributed by atoms with Crippen LogP contribution in [0.5, 0.6) is 5.75 Å². The summed E-state index contributed by atoms with van der Waals surface area (Å²) in [4.78, 5) is 4.26. The monoisotopic (exact) mass is 270 g/mol. The first-order valence-electron chi connectivity index (χ1n) is 7.23. The maximum absolute atomic E-state index is 5.54. The lowest BCUT2D eigenvalue weighted by Gasteiger charge is -2.23. The molecule has 2 aliphatic rings. The van der Waals surface area contributed by atoms with E-state index in [4.69, 9.17) is 4.74 Å². The van der Waals surface area contributed by atoms with Crippen molar-refractivity contribution in [1.82, 2.24) is 20.1 Å². The van der Waals surface area contributed by atoms with Gasteiger partial charge in [0.2, 0.25) is 0 Å². The number of rotatable bonds is 3. The topological polar surface area (TPSA) is 52.0 Å². The van der Waals surface area contributed by atoms with Gasteiger partial charge in [0.15, 0.2) is 0 Å². The van der Waals surface area contributed by atoms with Crippen LogP contribution >= 0.6 is 0 Å². The van der Waals surface area contributed by atoms with Crippen LogP contribution < -0.4 is 10.1 Å². The van der Waals surface area contributed by atoms with E-state index in [1.807, 2.05) is 4.68 Å². The largest absolute Gasteiger partial charge is 0.493 e. The molecular formula is C15H18N4O. The number of aromatic nitrogens is 3. The van der Waals surface area contributed by atoms with Crippen LogP contribution in [-0.4, -0.2) is 27.4 Å². The molecule has 0 unspecified atom stereocenters. The standard InChI is InChI=1S/C15H18N4O/c1-3-14-12(5-6-20-14)7-11(1)8-16-13-2-4-15-17-10-18-19(15)9-13/h1,3,7,10,13,16H,2,4-6,8-9H2/t13-/m1/s1. The first-order chi connectivity index (χ1) is 9.88. The van der Waals surface area contributed by atoms with Gasteiger partial charge in [0.05, 0.1) is 13.2 Å². The summed E-state index contributed by atoms with van der Waals surface area (Å²) in [6.45, 7) is 2.65. The van der Waals surface area contributed by atoms with Gasteiger partial charge in [0.25, 0.3) is 0 Å². The van der Waals surface area contributed by atoms with Gasteiger partial charge in [0.1, 0.15) is 17.9 Å². The van der Waals surface area contributed by atoms with Crippen LogP contribution in [-0.2, 0) is 25.9 Å². The van der Waals surface area contributed by atoms with Crippen molar-refractivity contribution in [3.63, 3.8) is 0 Å². The number of aryl methyl sites for hydroxylation is 1. The summed E-state index contributed by atoms with van der Waals surface area (Å²) in [5.41, 5.74) is 2.67. The Bertz CT molecular complexity index is 622. The molecular weight excluding hydrogens is 252 g/mol. The second-order valence-electron chi connectivity index (χ2n) is 5.52. The Labute approximate surface area is 118 Å². The lowest BCUT2D eigenvalue weighted by atomic mass is 10.1. The molecule has 104 valence electrons. The van der Waals surface area contributed by atoms with E-state index in [0.717, 1.165) is 50.5 Å². The smallest absolute Gasteiger partial charge is 0.138 e. The van der Waals surface area contributed by atoms with E-state index >= 15 is 0 Å². The van der Waals surface area contributed by atoms with Crippen LogP contribution in [0.4, 0.5) is 0 Å². The summed E-state index contributed by atoms with van der Waals surface area (Å²) >= 11 is 0. The first kappa shape index (κ1) is 11.9. The predicted octanol–water partition coefficient (Wildman–Crippen LogP) is 1.32. The minimum atomic E-state index is 0.480. The predicted molar refractivity (Wildman–Crippen MR) is 74.6 cm³/mol. The molecule has 0 amide bonds. The fourth-order valence-corrected chi connectivity index (χ4v) is 3.02. The Morgan fingerprint density at radius 1 is 1.35 bits per heavy atom. The molecule has 5 nitrogen and oxygen atoms in total. The van der Waals surface area contributed by atoms with E-state index in [0.29, 0.717) is 6.04 Å². The molecule has 0 saturated carbocycles. The minimum Gasteiger partial charge on any atom is -0.493 e. The molecule has 20 heavy (non-hydrogen) atoms. The lowest BCUT2D eigenvalue weighted by molar-refractivity contribution is 0.356. The average molecular weight is 270 g/mol. The molecule has 2 aliphatic heterocycles. The third-order valence-electron chi connectivity index (χ3n) is 4.15. The zero-order valence-electron chi connectivity index (χ0n) is 11.4. The highest BCUT2D eigenvalue weighted by Crippen LogP contribution is 2.25. The highest BCUT2D eigenvalue weighted by Gasteiger charge is 2.19. The second kappa shape index (κ2) is 4.90. The molecule has 2 aromatic rings. The summed E-state index contributed by atoms with van der Waals surface area (Å²) in [5.74, 6) is 2.16. The fourth-order valence-electron chi connectivity index (χ4n) is 3.02. The summed E-state index contributed by atoms with van der Waals surface area (Å²) in [7, 11) is 0. The van der Waals surface area contributed by atoms with Crippen LogP contribution in [0.15, 0.2) is 24.5 Å². The number of nitrogens with zero attached hydrogens (tertiary/aromatic N) is 3. The van der Waals surface area contributed by atoms with Crippen molar-refractivity contribution in [3.05, 3.63) is 41.5 Å². The molecule has 0 saturated heterocycles. The van der Waals surface area contributed by atoms with Crippen molar-refractivity contribution in [1.29, 1.82) is 0 Å². The number of hydrogen-bond donors (Lipinski definition) is 1. The molecule has 1 aromatic carbocycles. The molecule has 4 rings (SSSR count). The molecule has 0 radical (unpaired) electrons. The van der Waals surface area contributed by atoms with Gasteiger partial charge in [-0.1, -0.05) is 12.1 Å². The Morgan fingerprint density at radius 3 is 3.35 bits per heavy atom. The highest BCUT2D eigenvalue weighted by atomic mass is 16.5. The summed E-state index contributed by atoms with van der Waals surface area (Å²) < 4.78 is 7.55. The molecule has 0 spiro atoms. The SMILES string of the molecule is c1nc2n(n1)C[C@H](NCc1ccc3c(c1)CCO3)CC2. The molecule has 1 atom stereocenters. The number of nitrogens with one attached hydrogen (secondary N) is 1. The molecule has 5 heteroatoms. The maximum atomic E-state index is 5.54. The van der Waals surface area contributed by atoms with Crippen molar-refractivity contribution >= 4 is 0 Å². The van der Waals surface area contributed by atoms with Gasteiger partial charge in [-0.15, -0.1) is 0 Å². The summed E-state index contributed by atoms with van der Waals surface area (Å²) in [6, 6.07) is 6.99. The average Bonchev–Trinajstić information content (AvgIpc) is 3.12. The fraction of sp³-hybridized carbons (Fsp3) is 0.467. The van der Waals surface area contributed by atoms with Gasteiger partial charge in [-0.2, -0.15) is 5.10 Å². The third-order valence-corrected chi connectivity index (χ3v) is 4.15. The van der Waals surface area contributed by atoms with Crippen LogP contribution in [0.25, 0.3) is 0 Å². The van der Waals surface area contributed by atoms with Crippen molar-refractivity contribution in [2.75, 3.05) is 6.61 Å². The van der Waals surface area contributed by atoms with Gasteiger partial charge in [-0.3, -0.25) is 0 Å². The Balaban J connectivity index is 1.39. The number of ether oxygens (including phenoxy) is 1. The normalized spacial score (nSPS) is 20.3. The van der Waals surface area contributed by atoms with Gasteiger partial charge in [-0.05, 0) is 23.6 Å². The van der Waals surface area contributed by atoms with E-state index in [1.165, 1.54) is 11.1 Å². The van der Waals surface area contributed by atoms with E-state index < -0.39 is 0 Å². The molecule has 3 heterocycles. The number of benzene rings is 1. The summed E-state index contributed by atoms with van der Waals surface area (Å²) in [5, 5.41) is 7.89. The van der Waals surface area contributed by atoms with Crippen molar-refractivity contribution in [2.24, 2.45) is 0 Å². The second-order valence-corrected chi connectivity index (χ2v) is 5.52. The van der Waals surface area contributed by atoms with Crippen molar-refractivity contribution < 1.29 is 4.74 Å². The van der Waals surface area contributed by atoms with Crippen LogP contribution in [0.1, 0.15) is 23.4 Å². The Hall–Kier alpha value is -1.88. The Morgan fingerprint density at radius 2 is 2.35 bits per heavy atom. The number of fused-ring (bicyclic) bond motifs is 2. The molecule has 0 aliphatic carbocycles. The molecule has 1 N–H and O–H groups in total. The Kier molecular flexibility index (Phi) is 2.92. The maximum Gasteiger partial charge on any atom is 0.138 e. The van der Waals surface area contributed by atoms with Gasteiger partial charge < -0.3 is 10.1 Å². The van der Waals surface area contributed by atoms with Gasteiger partial charge in [-0.25, -0.2) is 9.67 Å². The van der Waals surface area contributed by atoms with Crippen LogP contribution in [0.3, 0.4) is 0 Å². The van der Waals surface area contributed by atoms with Crippen molar-refractivity contribution in [3.8, 4) is 5.75 Å². The quantitative estimate of drug-likeness (QED) is 0.914. The molecule has 0 fully saturated rings. The minimum absolute atomic E-state index is 0.480. The lowest BCUT2D eigenvalue weighted by Crippen LogP contribution is -2.37. The molecule has 0 bridgehead atoms. The zero-order chi connectivity index (χ0) is 13.4. The molecule has 1 aromatic heterocycles. The first-order valence-corrected chi connectivity index (χ1v) is 7.23. The highest BCUT2D eigenvalue weighted by molar-refractivity contribution is 5.39. The number of hydrogen-bond acceptors (Lipinski definition) is 4. The zero-order valence-corrected chi connectivity index (χ0v) is 11.4. The van der Waals surface area contributed by atoms with Crippen molar-refractivity contribution in [2.45, 2.75) is 38.4 Å². The van der Waals surface area contributed by atoms with E-state index in [9.17, 15) is 0 Å². The van der Waals surface area contributed by atoms with Crippen LogP contribution in [0.2, 0.25) is 0 Å². The van der Waals surface area contributed by atoms with E-state index in [1.54, 1.807) is 6.33 Å². The van der Waals surface area contributed by atoms with E-state index in [2.05, 4.69) is 33.6 Å². The van der Waals surface area contributed by atoms with E-state index in [-0.39, 0.29) is 0 Å². The third kappa shape index (κ3) is 2.18. The van der Waals surface area contributed by atoms with Gasteiger partial charge in [0, 0.05) is 25.4 Å². The van der Waals surface area contributed by atoms with Gasteiger partial charge >= 0.3 is 0 Å².